The number of piperidine rings is 1. The van der Waals surface area contributed by atoms with Crippen molar-refractivity contribution in [2.24, 2.45) is 5.92 Å². The van der Waals surface area contributed by atoms with Gasteiger partial charge in [0.1, 0.15) is 0 Å². The van der Waals surface area contributed by atoms with Crippen LogP contribution in [0.25, 0.3) is 0 Å². The summed E-state index contributed by atoms with van der Waals surface area (Å²) in [5, 5.41) is 20.9. The van der Waals surface area contributed by atoms with Crippen molar-refractivity contribution < 1.29 is 19.4 Å². The highest BCUT2D eigenvalue weighted by Gasteiger charge is 2.29. The van der Waals surface area contributed by atoms with Gasteiger partial charge < -0.3 is 29.9 Å². The predicted molar refractivity (Wildman–Crippen MR) is 149 cm³/mol. The van der Waals surface area contributed by atoms with Crippen LogP contribution in [0.2, 0.25) is 0 Å². The molecule has 1 aromatic carbocycles. The van der Waals surface area contributed by atoms with Gasteiger partial charge in [0.25, 0.3) is 0 Å². The van der Waals surface area contributed by atoms with Gasteiger partial charge in [-0.2, -0.15) is 0 Å². The van der Waals surface area contributed by atoms with Crippen molar-refractivity contribution in [2.75, 3.05) is 50.1 Å². The molecule has 2 N–H and O–H groups in total. The second kappa shape index (κ2) is 13.7. The number of nitrogens with zero attached hydrogens (tertiary/aromatic N) is 6. The summed E-state index contributed by atoms with van der Waals surface area (Å²) < 4.78 is 8.10. The first kappa shape index (κ1) is 28.8. The van der Waals surface area contributed by atoms with Gasteiger partial charge in [-0.15, -0.1) is 5.10 Å². The van der Waals surface area contributed by atoms with E-state index in [1.165, 1.54) is 24.9 Å². The third-order valence-corrected chi connectivity index (χ3v) is 7.78. The molecule has 39 heavy (non-hydrogen) atoms. The molecule has 4 rings (SSSR count). The first-order valence-corrected chi connectivity index (χ1v) is 14.1. The Labute approximate surface area is 231 Å². The standard InChI is InChI=1S/C28H43N7O4/c1-21-17-34(22(2)19-36)27(37)8-7-15-35-25(16-29-31-35)20-39-26(21)18-32(3)28(38)30-23-9-11-24(12-10-23)33-13-5-4-6-14-33/h9-12,16,21-22,26,36H,4-8,13-15,17-20H2,1-3H3,(H,30,38)/t21-,22-,26+/m1/s1. The first-order valence-electron chi connectivity index (χ1n) is 14.1. The number of rotatable bonds is 6. The van der Waals surface area contributed by atoms with Crippen LogP contribution in [-0.2, 0) is 22.7 Å². The lowest BCUT2D eigenvalue weighted by Crippen LogP contribution is -2.48. The Hall–Kier alpha value is -3.18. The molecule has 0 unspecified atom stereocenters. The Morgan fingerprint density at radius 3 is 2.64 bits per heavy atom. The number of aromatic nitrogens is 3. The largest absolute Gasteiger partial charge is 0.394 e. The topological polar surface area (TPSA) is 116 Å². The third kappa shape index (κ3) is 7.69. The molecule has 3 amide bonds. The number of carbonyl (C=O) groups excluding carboxylic acids is 2. The maximum absolute atomic E-state index is 13.1. The number of ether oxygens (including phenoxy) is 1. The van der Waals surface area contributed by atoms with Gasteiger partial charge in [0, 0.05) is 63.5 Å². The fourth-order valence-corrected chi connectivity index (χ4v) is 5.23. The van der Waals surface area contributed by atoms with Gasteiger partial charge in [-0.05, 0) is 56.9 Å². The van der Waals surface area contributed by atoms with Crippen molar-refractivity contribution in [1.29, 1.82) is 0 Å². The maximum atomic E-state index is 13.1. The third-order valence-electron chi connectivity index (χ3n) is 7.78. The lowest BCUT2D eigenvalue weighted by molar-refractivity contribution is -0.136. The van der Waals surface area contributed by atoms with Crippen LogP contribution in [0.3, 0.4) is 0 Å². The molecule has 0 spiro atoms. The number of nitrogens with one attached hydrogen (secondary N) is 1. The van der Waals surface area contributed by atoms with E-state index < -0.39 is 0 Å². The van der Waals surface area contributed by atoms with E-state index in [1.54, 1.807) is 27.7 Å². The van der Waals surface area contributed by atoms with Crippen molar-refractivity contribution in [3.05, 3.63) is 36.2 Å². The average molecular weight is 542 g/mol. The number of aryl methyl sites for hydroxylation is 1. The number of anilines is 2. The molecule has 0 saturated carbocycles. The minimum Gasteiger partial charge on any atom is -0.394 e. The Morgan fingerprint density at radius 1 is 1.18 bits per heavy atom. The van der Waals surface area contributed by atoms with Crippen LogP contribution in [0.15, 0.2) is 30.5 Å². The summed E-state index contributed by atoms with van der Waals surface area (Å²) in [6, 6.07) is 7.47. The number of aliphatic hydroxyl groups excluding tert-OH is 1. The number of benzene rings is 1. The van der Waals surface area contributed by atoms with Crippen LogP contribution in [-0.4, -0.2) is 93.8 Å². The fraction of sp³-hybridized carbons (Fsp3) is 0.643. The van der Waals surface area contributed by atoms with E-state index in [0.29, 0.717) is 39.1 Å². The summed E-state index contributed by atoms with van der Waals surface area (Å²) in [6.45, 7) is 7.52. The van der Waals surface area contributed by atoms with E-state index in [1.807, 2.05) is 26.0 Å². The molecule has 1 fully saturated rings. The summed E-state index contributed by atoms with van der Waals surface area (Å²) in [4.78, 5) is 31.9. The molecule has 11 heteroatoms. The zero-order valence-corrected chi connectivity index (χ0v) is 23.5. The monoisotopic (exact) mass is 541 g/mol. The molecular formula is C28H43N7O4. The molecule has 0 aliphatic carbocycles. The number of likely N-dealkylation sites (N-methyl/N-ethyl adjacent to an activating group) is 1. The molecule has 2 aromatic rings. The van der Waals surface area contributed by atoms with E-state index in [9.17, 15) is 14.7 Å². The average Bonchev–Trinajstić information content (AvgIpc) is 3.40. The second-order valence-electron chi connectivity index (χ2n) is 10.9. The molecular weight excluding hydrogens is 498 g/mol. The predicted octanol–water partition coefficient (Wildman–Crippen LogP) is 2.96. The molecule has 3 atom stereocenters. The van der Waals surface area contributed by atoms with E-state index in [2.05, 4.69) is 32.7 Å². The van der Waals surface area contributed by atoms with E-state index >= 15 is 0 Å². The number of amides is 3. The van der Waals surface area contributed by atoms with Gasteiger partial charge in [-0.1, -0.05) is 12.1 Å². The zero-order valence-electron chi connectivity index (χ0n) is 23.5. The number of hydrogen-bond donors (Lipinski definition) is 2. The Morgan fingerprint density at radius 2 is 1.92 bits per heavy atom. The normalized spacial score (nSPS) is 21.9. The minimum atomic E-state index is -0.355. The van der Waals surface area contributed by atoms with Crippen LogP contribution in [0.5, 0.6) is 0 Å². The summed E-state index contributed by atoms with van der Waals surface area (Å²) in [5.74, 6) is -0.103. The van der Waals surface area contributed by atoms with E-state index in [4.69, 9.17) is 4.74 Å². The van der Waals surface area contributed by atoms with Crippen molar-refractivity contribution in [2.45, 2.75) is 71.2 Å². The fourth-order valence-electron chi connectivity index (χ4n) is 5.23. The molecule has 214 valence electrons. The second-order valence-corrected chi connectivity index (χ2v) is 10.9. The van der Waals surface area contributed by atoms with Crippen molar-refractivity contribution >= 4 is 23.3 Å². The van der Waals surface area contributed by atoms with Gasteiger partial charge in [0.2, 0.25) is 5.91 Å². The first-order chi connectivity index (χ1) is 18.9. The molecule has 2 aliphatic rings. The van der Waals surface area contributed by atoms with Gasteiger partial charge in [0.15, 0.2) is 0 Å². The Balaban J connectivity index is 1.43. The van der Waals surface area contributed by atoms with Crippen molar-refractivity contribution in [3.63, 3.8) is 0 Å². The molecule has 2 aliphatic heterocycles. The molecule has 1 aromatic heterocycles. The highest BCUT2D eigenvalue weighted by Crippen LogP contribution is 2.23. The van der Waals surface area contributed by atoms with Crippen molar-refractivity contribution in [3.8, 4) is 0 Å². The zero-order chi connectivity index (χ0) is 27.8. The molecule has 11 nitrogen and oxygen atoms in total. The van der Waals surface area contributed by atoms with E-state index in [0.717, 1.165) is 24.5 Å². The van der Waals surface area contributed by atoms with Gasteiger partial charge in [-0.25, -0.2) is 9.48 Å². The number of urea groups is 1. The lowest BCUT2D eigenvalue weighted by Gasteiger charge is -2.35. The number of carbonyl (C=O) groups is 2. The highest BCUT2D eigenvalue weighted by molar-refractivity contribution is 5.89. The lowest BCUT2D eigenvalue weighted by atomic mass is 10.0. The Bertz CT molecular complexity index is 1070. The van der Waals surface area contributed by atoms with E-state index in [-0.39, 0.29) is 36.6 Å². The number of hydrogen-bond acceptors (Lipinski definition) is 7. The van der Waals surface area contributed by atoms with Crippen LogP contribution in [0, 0.1) is 5.92 Å². The Kier molecular flexibility index (Phi) is 10.2. The van der Waals surface area contributed by atoms with Gasteiger partial charge in [-0.3, -0.25) is 4.79 Å². The summed E-state index contributed by atoms with van der Waals surface area (Å²) >= 11 is 0. The van der Waals surface area contributed by atoms with Gasteiger partial charge in [0.05, 0.1) is 37.3 Å². The maximum Gasteiger partial charge on any atom is 0.321 e. The molecule has 3 heterocycles. The summed E-state index contributed by atoms with van der Waals surface area (Å²) in [6.07, 6.45) is 6.04. The SMILES string of the molecule is C[C@@H]1CN([C@H](C)CO)C(=O)CCCn2nncc2CO[C@H]1CN(C)C(=O)Nc1ccc(N2CCCCC2)cc1. The number of fused-ring (bicyclic) bond motifs is 1. The summed E-state index contributed by atoms with van der Waals surface area (Å²) in [5.41, 5.74) is 2.76. The van der Waals surface area contributed by atoms with Gasteiger partial charge >= 0.3 is 6.03 Å². The van der Waals surface area contributed by atoms with Crippen LogP contribution >= 0.6 is 0 Å². The van der Waals surface area contributed by atoms with Crippen LogP contribution in [0.4, 0.5) is 16.2 Å². The molecule has 0 bridgehead atoms. The minimum absolute atomic E-state index is 0.0107. The quantitative estimate of drug-likeness (QED) is 0.578. The van der Waals surface area contributed by atoms with Crippen molar-refractivity contribution in [1.82, 2.24) is 24.8 Å². The number of aliphatic hydroxyl groups is 1. The summed E-state index contributed by atoms with van der Waals surface area (Å²) in [7, 11) is 1.74. The smallest absolute Gasteiger partial charge is 0.321 e. The highest BCUT2D eigenvalue weighted by atomic mass is 16.5. The van der Waals surface area contributed by atoms with Crippen LogP contribution < -0.4 is 10.2 Å². The van der Waals surface area contributed by atoms with Crippen LogP contribution in [0.1, 0.15) is 51.6 Å². The molecule has 1 saturated heterocycles. The molecule has 0 radical (unpaired) electrons.